The van der Waals surface area contributed by atoms with Gasteiger partial charge in [-0.2, -0.15) is 0 Å². The molecule has 0 aromatic carbocycles. The molecular formula is C10H12N4O2. The van der Waals surface area contributed by atoms with E-state index >= 15 is 0 Å². The highest BCUT2D eigenvalue weighted by Crippen LogP contribution is 2.15. The highest BCUT2D eigenvalue weighted by Gasteiger charge is 2.05. The van der Waals surface area contributed by atoms with E-state index in [9.17, 15) is 4.79 Å². The summed E-state index contributed by atoms with van der Waals surface area (Å²) >= 11 is 0. The minimum Gasteiger partial charge on any atom is -0.395 e. The fraction of sp³-hybridized carbons (Fsp3) is 0.300. The Kier molecular flexibility index (Phi) is 2.82. The maximum Gasteiger partial charge on any atom is 0.251 e. The van der Waals surface area contributed by atoms with Gasteiger partial charge in [0.15, 0.2) is 0 Å². The van der Waals surface area contributed by atoms with E-state index in [1.165, 1.54) is 17.0 Å². The molecular weight excluding hydrogens is 208 g/mol. The van der Waals surface area contributed by atoms with E-state index in [-0.39, 0.29) is 12.2 Å². The number of aliphatic hydroxyl groups excluding tert-OH is 1. The standard InChI is InChI=1S/C10H12N4O2/c1-14-8(16)3-2-7-9(11-4-5-15)12-6-13-10(7)14/h2-3,6,15H,4-5H2,1H3,(H,11,12,13). The van der Waals surface area contributed by atoms with Crippen molar-refractivity contribution >= 4 is 16.9 Å². The van der Waals surface area contributed by atoms with E-state index in [4.69, 9.17) is 5.11 Å². The smallest absolute Gasteiger partial charge is 0.251 e. The Morgan fingerprint density at radius 1 is 1.44 bits per heavy atom. The van der Waals surface area contributed by atoms with Crippen LogP contribution in [0.2, 0.25) is 0 Å². The van der Waals surface area contributed by atoms with Crippen LogP contribution in [-0.4, -0.2) is 32.8 Å². The van der Waals surface area contributed by atoms with Crippen LogP contribution in [0.4, 0.5) is 5.82 Å². The van der Waals surface area contributed by atoms with Crippen molar-refractivity contribution in [3.63, 3.8) is 0 Å². The second kappa shape index (κ2) is 4.28. The number of pyridine rings is 1. The normalized spacial score (nSPS) is 10.6. The van der Waals surface area contributed by atoms with Crippen molar-refractivity contribution < 1.29 is 5.11 Å². The molecule has 0 aliphatic carbocycles. The highest BCUT2D eigenvalue weighted by atomic mass is 16.3. The monoisotopic (exact) mass is 220 g/mol. The van der Waals surface area contributed by atoms with Gasteiger partial charge in [-0.05, 0) is 6.07 Å². The summed E-state index contributed by atoms with van der Waals surface area (Å²) in [5.74, 6) is 0.620. The van der Waals surface area contributed by atoms with E-state index < -0.39 is 0 Å². The summed E-state index contributed by atoms with van der Waals surface area (Å²) in [6.07, 6.45) is 1.39. The Labute approximate surface area is 91.6 Å². The quantitative estimate of drug-likeness (QED) is 0.744. The van der Waals surface area contributed by atoms with Gasteiger partial charge in [-0.1, -0.05) is 0 Å². The van der Waals surface area contributed by atoms with Gasteiger partial charge < -0.3 is 10.4 Å². The zero-order chi connectivity index (χ0) is 11.5. The molecule has 0 aliphatic heterocycles. The summed E-state index contributed by atoms with van der Waals surface area (Å²) in [6, 6.07) is 3.15. The van der Waals surface area contributed by atoms with Gasteiger partial charge in [-0.3, -0.25) is 9.36 Å². The van der Waals surface area contributed by atoms with Gasteiger partial charge in [-0.25, -0.2) is 9.97 Å². The third kappa shape index (κ3) is 1.74. The molecule has 0 fully saturated rings. The van der Waals surface area contributed by atoms with E-state index in [0.717, 1.165) is 5.39 Å². The first-order valence-corrected chi connectivity index (χ1v) is 4.89. The number of hydrogen-bond acceptors (Lipinski definition) is 5. The molecule has 0 atom stereocenters. The van der Waals surface area contributed by atoms with E-state index in [1.54, 1.807) is 13.1 Å². The molecule has 0 amide bonds. The van der Waals surface area contributed by atoms with Crippen LogP contribution in [0.1, 0.15) is 0 Å². The number of rotatable bonds is 3. The van der Waals surface area contributed by atoms with Crippen molar-refractivity contribution in [1.29, 1.82) is 0 Å². The highest BCUT2D eigenvalue weighted by molar-refractivity contribution is 5.86. The molecule has 2 N–H and O–H groups in total. The van der Waals surface area contributed by atoms with E-state index in [1.807, 2.05) is 0 Å². The lowest BCUT2D eigenvalue weighted by Crippen LogP contribution is -2.17. The molecule has 2 aromatic rings. The largest absolute Gasteiger partial charge is 0.395 e. The van der Waals surface area contributed by atoms with Crippen molar-refractivity contribution in [3.8, 4) is 0 Å². The first-order chi connectivity index (χ1) is 7.74. The first kappa shape index (κ1) is 10.6. The molecule has 2 aromatic heterocycles. The van der Waals surface area contributed by atoms with Crippen molar-refractivity contribution in [2.75, 3.05) is 18.5 Å². The second-order valence-corrected chi connectivity index (χ2v) is 3.34. The second-order valence-electron chi connectivity index (χ2n) is 3.34. The van der Waals surface area contributed by atoms with E-state index in [2.05, 4.69) is 15.3 Å². The Morgan fingerprint density at radius 3 is 3.00 bits per heavy atom. The molecule has 0 unspecified atom stereocenters. The SMILES string of the molecule is Cn1c(=O)ccc2c(NCCO)ncnc21. The lowest BCUT2D eigenvalue weighted by atomic mass is 10.3. The number of nitrogens with zero attached hydrogens (tertiary/aromatic N) is 3. The number of fused-ring (bicyclic) bond motifs is 1. The molecule has 6 heteroatoms. The minimum absolute atomic E-state index is 0.0251. The lowest BCUT2D eigenvalue weighted by molar-refractivity contribution is 0.311. The topological polar surface area (TPSA) is 80.0 Å². The maximum atomic E-state index is 11.4. The van der Waals surface area contributed by atoms with Crippen molar-refractivity contribution in [2.24, 2.45) is 7.05 Å². The van der Waals surface area contributed by atoms with Crippen molar-refractivity contribution in [2.45, 2.75) is 0 Å². The minimum atomic E-state index is -0.112. The van der Waals surface area contributed by atoms with Gasteiger partial charge in [0, 0.05) is 19.7 Å². The Balaban J connectivity index is 2.60. The average Bonchev–Trinajstić information content (AvgIpc) is 2.31. The number of anilines is 1. The van der Waals surface area contributed by atoms with E-state index in [0.29, 0.717) is 18.0 Å². The summed E-state index contributed by atoms with van der Waals surface area (Å²) in [5.41, 5.74) is 0.460. The third-order valence-corrected chi connectivity index (χ3v) is 2.31. The maximum absolute atomic E-state index is 11.4. The fourth-order valence-corrected chi connectivity index (χ4v) is 1.49. The van der Waals surface area contributed by atoms with Crippen molar-refractivity contribution in [3.05, 3.63) is 28.8 Å². The Morgan fingerprint density at radius 2 is 2.25 bits per heavy atom. The average molecular weight is 220 g/mol. The summed E-state index contributed by atoms with van der Waals surface area (Å²) in [7, 11) is 1.66. The first-order valence-electron chi connectivity index (χ1n) is 4.89. The molecule has 0 spiro atoms. The van der Waals surface area contributed by atoms with Crippen LogP contribution < -0.4 is 10.9 Å². The van der Waals surface area contributed by atoms with Gasteiger partial charge >= 0.3 is 0 Å². The van der Waals surface area contributed by atoms with Gasteiger partial charge in [-0.15, -0.1) is 0 Å². The molecule has 6 nitrogen and oxygen atoms in total. The zero-order valence-corrected chi connectivity index (χ0v) is 8.84. The van der Waals surface area contributed by atoms with Crippen LogP contribution in [0, 0.1) is 0 Å². The molecule has 2 heterocycles. The molecule has 0 saturated carbocycles. The predicted molar refractivity (Wildman–Crippen MR) is 60.4 cm³/mol. The fourth-order valence-electron chi connectivity index (χ4n) is 1.49. The Bertz CT molecular complexity index is 564. The molecule has 2 rings (SSSR count). The van der Waals surface area contributed by atoms with Crippen LogP contribution in [0.15, 0.2) is 23.3 Å². The summed E-state index contributed by atoms with van der Waals surface area (Å²) in [4.78, 5) is 19.5. The van der Waals surface area contributed by atoms with Gasteiger partial charge in [0.25, 0.3) is 5.56 Å². The molecule has 0 saturated heterocycles. The number of aliphatic hydroxyl groups is 1. The summed E-state index contributed by atoms with van der Waals surface area (Å²) in [5, 5.41) is 12.5. The predicted octanol–water partition coefficient (Wildman–Crippen LogP) is -0.267. The molecule has 0 radical (unpaired) electrons. The summed E-state index contributed by atoms with van der Waals surface area (Å²) in [6.45, 7) is 0.437. The number of hydrogen-bond donors (Lipinski definition) is 2. The van der Waals surface area contributed by atoms with Crippen LogP contribution in [-0.2, 0) is 7.05 Å². The molecule has 84 valence electrons. The van der Waals surface area contributed by atoms with Gasteiger partial charge in [0.1, 0.15) is 17.8 Å². The van der Waals surface area contributed by atoms with Crippen molar-refractivity contribution in [1.82, 2.24) is 14.5 Å². The van der Waals surface area contributed by atoms with Gasteiger partial charge in [0.05, 0.1) is 12.0 Å². The van der Waals surface area contributed by atoms with Crippen LogP contribution >= 0.6 is 0 Å². The number of aromatic nitrogens is 3. The van der Waals surface area contributed by atoms with Crippen LogP contribution in [0.25, 0.3) is 11.0 Å². The molecule has 16 heavy (non-hydrogen) atoms. The Hall–Kier alpha value is -1.95. The lowest BCUT2D eigenvalue weighted by Gasteiger charge is -2.08. The molecule has 0 bridgehead atoms. The third-order valence-electron chi connectivity index (χ3n) is 2.31. The number of aryl methyl sites for hydroxylation is 1. The van der Waals surface area contributed by atoms with Crippen LogP contribution in [0.5, 0.6) is 0 Å². The summed E-state index contributed by atoms with van der Waals surface area (Å²) < 4.78 is 1.46. The number of nitrogens with one attached hydrogen (secondary N) is 1. The zero-order valence-electron chi connectivity index (χ0n) is 8.84. The van der Waals surface area contributed by atoms with Crippen LogP contribution in [0.3, 0.4) is 0 Å². The molecule has 0 aliphatic rings. The van der Waals surface area contributed by atoms with Gasteiger partial charge in [0.2, 0.25) is 0 Å².